The average molecular weight is 341 g/mol. The summed E-state index contributed by atoms with van der Waals surface area (Å²) in [5.41, 5.74) is 7.43. The molecular formula is C18H17F2N5. The van der Waals surface area contributed by atoms with Crippen LogP contribution in [0.3, 0.4) is 0 Å². The Morgan fingerprint density at radius 2 is 1.84 bits per heavy atom. The van der Waals surface area contributed by atoms with Gasteiger partial charge in [0.2, 0.25) is 0 Å². The number of anilines is 4. The second kappa shape index (κ2) is 7.12. The molecule has 3 rings (SSSR count). The molecule has 0 radical (unpaired) electrons. The number of rotatable bonds is 5. The summed E-state index contributed by atoms with van der Waals surface area (Å²) in [6.07, 6.45) is 1.33. The van der Waals surface area contributed by atoms with E-state index in [1.165, 1.54) is 6.33 Å². The summed E-state index contributed by atoms with van der Waals surface area (Å²) in [5, 5.41) is 2.72. The molecule has 0 saturated carbocycles. The molecule has 2 aromatic carbocycles. The molecule has 0 aliphatic rings. The second-order valence-electron chi connectivity index (χ2n) is 5.55. The van der Waals surface area contributed by atoms with Gasteiger partial charge >= 0.3 is 0 Å². The Morgan fingerprint density at radius 1 is 1.08 bits per heavy atom. The lowest BCUT2D eigenvalue weighted by Gasteiger charge is -2.21. The molecule has 0 aliphatic heterocycles. The lowest BCUT2D eigenvalue weighted by Crippen LogP contribution is -2.20. The monoisotopic (exact) mass is 341 g/mol. The molecule has 7 heteroatoms. The standard InChI is InChI=1S/C18H17F2N5/c1-25(10-12-5-3-2-4-6-12)18-16(21)17(22-11-23-18)24-15-9-13(19)7-8-14(15)20/h2-9,11H,10,21H2,1H3,(H,22,23,24). The Hall–Kier alpha value is -3.22. The van der Waals surface area contributed by atoms with Crippen molar-refractivity contribution in [3.8, 4) is 0 Å². The third-order valence-electron chi connectivity index (χ3n) is 3.67. The molecular weight excluding hydrogens is 324 g/mol. The highest BCUT2D eigenvalue weighted by atomic mass is 19.1. The Labute approximate surface area is 144 Å². The topological polar surface area (TPSA) is 67.1 Å². The van der Waals surface area contributed by atoms with Crippen molar-refractivity contribution in [2.75, 3.05) is 23.0 Å². The van der Waals surface area contributed by atoms with Gasteiger partial charge in [0.15, 0.2) is 11.6 Å². The maximum Gasteiger partial charge on any atom is 0.159 e. The van der Waals surface area contributed by atoms with Crippen molar-refractivity contribution >= 4 is 23.0 Å². The van der Waals surface area contributed by atoms with E-state index in [9.17, 15) is 8.78 Å². The first-order chi connectivity index (χ1) is 12.0. The Bertz CT molecular complexity index is 871. The lowest BCUT2D eigenvalue weighted by molar-refractivity contribution is 0.603. The van der Waals surface area contributed by atoms with Crippen molar-refractivity contribution < 1.29 is 8.78 Å². The fraction of sp³-hybridized carbons (Fsp3) is 0.111. The van der Waals surface area contributed by atoms with Gasteiger partial charge in [0.1, 0.15) is 23.6 Å². The molecule has 25 heavy (non-hydrogen) atoms. The van der Waals surface area contributed by atoms with Crippen LogP contribution in [0.4, 0.5) is 31.8 Å². The molecule has 0 amide bonds. The predicted octanol–water partition coefficient (Wildman–Crippen LogP) is 3.72. The van der Waals surface area contributed by atoms with Crippen LogP contribution >= 0.6 is 0 Å². The molecule has 128 valence electrons. The van der Waals surface area contributed by atoms with Crippen LogP contribution in [0.1, 0.15) is 5.56 Å². The molecule has 0 fully saturated rings. The molecule has 0 spiro atoms. The number of aromatic nitrogens is 2. The van der Waals surface area contributed by atoms with E-state index in [4.69, 9.17) is 5.73 Å². The molecule has 0 unspecified atom stereocenters. The molecule has 0 saturated heterocycles. The Morgan fingerprint density at radius 3 is 2.60 bits per heavy atom. The van der Waals surface area contributed by atoms with Gasteiger partial charge in [-0.05, 0) is 17.7 Å². The zero-order valence-electron chi connectivity index (χ0n) is 13.6. The van der Waals surface area contributed by atoms with Crippen LogP contribution in [0.2, 0.25) is 0 Å². The van der Waals surface area contributed by atoms with E-state index in [-0.39, 0.29) is 17.2 Å². The van der Waals surface area contributed by atoms with Crippen molar-refractivity contribution in [2.24, 2.45) is 0 Å². The number of nitrogens with one attached hydrogen (secondary N) is 1. The van der Waals surface area contributed by atoms with Crippen LogP contribution in [0.5, 0.6) is 0 Å². The van der Waals surface area contributed by atoms with E-state index >= 15 is 0 Å². The number of halogens is 2. The van der Waals surface area contributed by atoms with Crippen LogP contribution in [-0.4, -0.2) is 17.0 Å². The van der Waals surface area contributed by atoms with E-state index in [2.05, 4.69) is 15.3 Å². The molecule has 5 nitrogen and oxygen atoms in total. The number of nitrogen functional groups attached to an aromatic ring is 1. The summed E-state index contributed by atoms with van der Waals surface area (Å²) in [7, 11) is 1.85. The normalized spacial score (nSPS) is 10.5. The van der Waals surface area contributed by atoms with Gasteiger partial charge in [-0.25, -0.2) is 18.7 Å². The number of nitrogens with two attached hydrogens (primary N) is 1. The maximum absolute atomic E-state index is 13.8. The van der Waals surface area contributed by atoms with Crippen molar-refractivity contribution in [3.63, 3.8) is 0 Å². The predicted molar refractivity (Wildman–Crippen MR) is 94.6 cm³/mol. The lowest BCUT2D eigenvalue weighted by atomic mass is 10.2. The van der Waals surface area contributed by atoms with Gasteiger partial charge in [-0.1, -0.05) is 30.3 Å². The van der Waals surface area contributed by atoms with Crippen molar-refractivity contribution in [2.45, 2.75) is 6.54 Å². The van der Waals surface area contributed by atoms with E-state index in [1.54, 1.807) is 0 Å². The van der Waals surface area contributed by atoms with Gasteiger partial charge in [-0.3, -0.25) is 0 Å². The summed E-state index contributed by atoms with van der Waals surface area (Å²) >= 11 is 0. The van der Waals surface area contributed by atoms with Gasteiger partial charge in [0, 0.05) is 19.7 Å². The van der Waals surface area contributed by atoms with Crippen molar-refractivity contribution in [1.82, 2.24) is 9.97 Å². The van der Waals surface area contributed by atoms with E-state index in [0.717, 1.165) is 23.8 Å². The molecule has 0 atom stereocenters. The number of hydrogen-bond donors (Lipinski definition) is 2. The maximum atomic E-state index is 13.8. The highest BCUT2D eigenvalue weighted by molar-refractivity contribution is 5.78. The summed E-state index contributed by atoms with van der Waals surface area (Å²) in [5.74, 6) is -0.441. The highest BCUT2D eigenvalue weighted by Crippen LogP contribution is 2.29. The minimum Gasteiger partial charge on any atom is -0.393 e. The van der Waals surface area contributed by atoms with Crippen LogP contribution < -0.4 is 16.0 Å². The fourth-order valence-corrected chi connectivity index (χ4v) is 2.44. The summed E-state index contributed by atoms with van der Waals surface area (Å²) < 4.78 is 27.1. The van der Waals surface area contributed by atoms with Gasteiger partial charge in [-0.2, -0.15) is 0 Å². The van der Waals surface area contributed by atoms with Crippen molar-refractivity contribution in [3.05, 3.63) is 72.1 Å². The molecule has 0 aliphatic carbocycles. The fourth-order valence-electron chi connectivity index (χ4n) is 2.44. The van der Waals surface area contributed by atoms with E-state index in [0.29, 0.717) is 12.4 Å². The van der Waals surface area contributed by atoms with Crippen molar-refractivity contribution in [1.29, 1.82) is 0 Å². The minimum absolute atomic E-state index is 0.0398. The molecule has 1 aromatic heterocycles. The average Bonchev–Trinajstić information content (AvgIpc) is 2.60. The first-order valence-electron chi connectivity index (χ1n) is 7.62. The van der Waals surface area contributed by atoms with Gasteiger partial charge in [0.05, 0.1) is 5.69 Å². The van der Waals surface area contributed by atoms with Crippen LogP contribution in [0, 0.1) is 11.6 Å². The second-order valence-corrected chi connectivity index (χ2v) is 5.55. The zero-order chi connectivity index (χ0) is 17.8. The third kappa shape index (κ3) is 3.82. The van der Waals surface area contributed by atoms with E-state index in [1.807, 2.05) is 42.3 Å². The van der Waals surface area contributed by atoms with Crippen LogP contribution in [0.15, 0.2) is 54.9 Å². The molecule has 1 heterocycles. The SMILES string of the molecule is CN(Cc1ccccc1)c1ncnc(Nc2cc(F)ccc2F)c1N. The number of benzene rings is 2. The summed E-state index contributed by atoms with van der Waals surface area (Å²) in [4.78, 5) is 10.1. The number of nitrogens with zero attached hydrogens (tertiary/aromatic N) is 3. The third-order valence-corrected chi connectivity index (χ3v) is 3.67. The van der Waals surface area contributed by atoms with Gasteiger partial charge in [0.25, 0.3) is 0 Å². The first-order valence-corrected chi connectivity index (χ1v) is 7.62. The van der Waals surface area contributed by atoms with Crippen LogP contribution in [-0.2, 0) is 6.54 Å². The smallest absolute Gasteiger partial charge is 0.159 e. The molecule has 3 N–H and O–H groups in total. The summed E-state index contributed by atoms with van der Waals surface area (Å²) in [6.45, 7) is 0.593. The van der Waals surface area contributed by atoms with Gasteiger partial charge < -0.3 is 16.0 Å². The van der Waals surface area contributed by atoms with E-state index < -0.39 is 11.6 Å². The molecule has 3 aromatic rings. The van der Waals surface area contributed by atoms with Crippen LogP contribution in [0.25, 0.3) is 0 Å². The Balaban J connectivity index is 1.85. The molecule has 0 bridgehead atoms. The van der Waals surface area contributed by atoms with Gasteiger partial charge in [-0.15, -0.1) is 0 Å². The first kappa shape index (κ1) is 16.6. The minimum atomic E-state index is -0.599. The largest absolute Gasteiger partial charge is 0.393 e. The zero-order valence-corrected chi connectivity index (χ0v) is 13.6. The highest BCUT2D eigenvalue weighted by Gasteiger charge is 2.14. The quantitative estimate of drug-likeness (QED) is 0.740. The number of hydrogen-bond acceptors (Lipinski definition) is 5. The Kier molecular flexibility index (Phi) is 4.74. The summed E-state index contributed by atoms with van der Waals surface area (Å²) in [6, 6.07) is 13.0.